The number of carbonyl (C=O) groups is 1. The topological polar surface area (TPSA) is 85.4 Å². The van der Waals surface area contributed by atoms with Crippen molar-refractivity contribution in [3.05, 3.63) is 65.5 Å². The zero-order valence-corrected chi connectivity index (χ0v) is 17.1. The molecule has 6 nitrogen and oxygen atoms in total. The van der Waals surface area contributed by atoms with Crippen LogP contribution in [-0.2, 0) is 16.6 Å². The second-order valence-electron chi connectivity index (χ2n) is 6.81. The number of nitrogens with zero attached hydrogens (tertiary/aromatic N) is 2. The summed E-state index contributed by atoms with van der Waals surface area (Å²) >= 11 is 0. The maximum absolute atomic E-state index is 12.8. The maximum atomic E-state index is 12.8. The van der Waals surface area contributed by atoms with Crippen molar-refractivity contribution in [3.8, 4) is 0 Å². The van der Waals surface area contributed by atoms with Crippen LogP contribution in [0.5, 0.6) is 0 Å². The van der Waals surface area contributed by atoms with Crippen molar-refractivity contribution < 1.29 is 13.2 Å². The summed E-state index contributed by atoms with van der Waals surface area (Å²) in [5.41, 5.74) is 3.61. The summed E-state index contributed by atoms with van der Waals surface area (Å²) < 4.78 is 24.8. The summed E-state index contributed by atoms with van der Waals surface area (Å²) in [6.45, 7) is 10.6. The largest absolute Gasteiger partial charge is 0.345 e. The molecule has 1 aromatic heterocycles. The zero-order valence-electron chi connectivity index (χ0n) is 16.3. The third-order valence-electron chi connectivity index (χ3n) is 4.93. The van der Waals surface area contributed by atoms with Crippen molar-refractivity contribution in [2.24, 2.45) is 5.14 Å². The minimum Gasteiger partial charge on any atom is -0.345 e. The number of hydrogen-bond acceptors (Lipinski definition) is 4. The molecule has 146 valence electrons. The first-order valence-electron chi connectivity index (χ1n) is 8.70. The molecule has 2 N–H and O–H groups in total. The van der Waals surface area contributed by atoms with E-state index in [1.54, 1.807) is 12.1 Å². The van der Waals surface area contributed by atoms with Crippen molar-refractivity contribution in [1.82, 2.24) is 9.47 Å². The molecule has 2 aromatic rings. The monoisotopic (exact) mass is 389 g/mol. The number of Topliss-reactive ketones (excluding diaryl/α,β-unsaturated/α-hetero) is 1. The van der Waals surface area contributed by atoms with Gasteiger partial charge in [0.2, 0.25) is 10.0 Å². The fourth-order valence-corrected chi connectivity index (χ4v) is 3.65. The number of rotatable bonds is 8. The van der Waals surface area contributed by atoms with E-state index in [2.05, 4.69) is 11.1 Å². The first-order valence-corrected chi connectivity index (χ1v) is 10.2. The Balaban J connectivity index is 2.14. The van der Waals surface area contributed by atoms with Crippen LogP contribution in [0.2, 0.25) is 0 Å². The predicted octanol–water partition coefficient (Wildman–Crippen LogP) is 2.81. The van der Waals surface area contributed by atoms with Gasteiger partial charge in [-0.15, -0.1) is 6.58 Å². The number of ketones is 1. The van der Waals surface area contributed by atoms with E-state index in [-0.39, 0.29) is 23.3 Å². The summed E-state index contributed by atoms with van der Waals surface area (Å²) in [4.78, 5) is 14.8. The molecule has 27 heavy (non-hydrogen) atoms. The van der Waals surface area contributed by atoms with Crippen molar-refractivity contribution >= 4 is 15.8 Å². The molecule has 0 aliphatic rings. The molecule has 2 rings (SSSR count). The van der Waals surface area contributed by atoms with E-state index in [4.69, 9.17) is 5.14 Å². The van der Waals surface area contributed by atoms with Crippen molar-refractivity contribution in [3.63, 3.8) is 0 Å². The van der Waals surface area contributed by atoms with Crippen molar-refractivity contribution in [2.75, 3.05) is 13.6 Å². The van der Waals surface area contributed by atoms with Crippen LogP contribution in [0.25, 0.3) is 0 Å². The molecular weight excluding hydrogens is 362 g/mol. The first-order chi connectivity index (χ1) is 12.6. The molecule has 0 amide bonds. The van der Waals surface area contributed by atoms with Gasteiger partial charge in [-0.25, -0.2) is 13.6 Å². The third-order valence-corrected chi connectivity index (χ3v) is 5.86. The average molecular weight is 390 g/mol. The lowest BCUT2D eigenvalue weighted by Crippen LogP contribution is -2.29. The van der Waals surface area contributed by atoms with Gasteiger partial charge in [0.25, 0.3) is 0 Å². The number of aryl methyl sites for hydroxylation is 1. The lowest BCUT2D eigenvalue weighted by Gasteiger charge is -2.24. The Kier molecular flexibility index (Phi) is 6.41. The highest BCUT2D eigenvalue weighted by Gasteiger charge is 2.20. The maximum Gasteiger partial charge on any atom is 0.238 e. The Hall–Kier alpha value is -2.22. The standard InChI is InChI=1S/C20H27N3O3S/c1-6-11-23-14(2)12-19(16(23)4)20(24)13-22(5)15(3)17-7-9-18(10-8-17)27(21,25)26/h6-10,12,15H,1,11,13H2,2-5H3,(H2,21,25,26). The average Bonchev–Trinajstić information content (AvgIpc) is 2.89. The number of likely N-dealkylation sites (N-methyl/N-ethyl adjacent to an activating group) is 1. The molecule has 1 unspecified atom stereocenters. The fraction of sp³-hybridized carbons (Fsp3) is 0.350. The highest BCUT2D eigenvalue weighted by atomic mass is 32.2. The second kappa shape index (κ2) is 8.21. The Morgan fingerprint density at radius 3 is 2.41 bits per heavy atom. The first kappa shape index (κ1) is 21.1. The van der Waals surface area contributed by atoms with Crippen LogP contribution in [0.1, 0.15) is 40.3 Å². The van der Waals surface area contributed by atoms with E-state index in [0.29, 0.717) is 6.54 Å². The van der Waals surface area contributed by atoms with Crippen LogP contribution in [0.15, 0.2) is 47.9 Å². The summed E-state index contributed by atoms with van der Waals surface area (Å²) in [6.07, 6.45) is 1.81. The van der Waals surface area contributed by atoms with E-state index in [1.807, 2.05) is 44.9 Å². The number of allylic oxidation sites excluding steroid dienone is 1. The molecule has 0 saturated heterocycles. The summed E-state index contributed by atoms with van der Waals surface area (Å²) in [5, 5.41) is 5.13. The van der Waals surface area contributed by atoms with Crippen LogP contribution in [0.4, 0.5) is 0 Å². The Morgan fingerprint density at radius 1 is 1.30 bits per heavy atom. The number of benzene rings is 1. The van der Waals surface area contributed by atoms with Gasteiger partial charge in [-0.1, -0.05) is 18.2 Å². The van der Waals surface area contributed by atoms with Crippen LogP contribution < -0.4 is 5.14 Å². The van der Waals surface area contributed by atoms with Gasteiger partial charge in [-0.3, -0.25) is 9.69 Å². The van der Waals surface area contributed by atoms with Crippen molar-refractivity contribution in [1.29, 1.82) is 0 Å². The Morgan fingerprint density at radius 2 is 1.89 bits per heavy atom. The molecular formula is C20H27N3O3S. The molecule has 0 aliphatic heterocycles. The van der Waals surface area contributed by atoms with Crippen LogP contribution in [0, 0.1) is 13.8 Å². The lowest BCUT2D eigenvalue weighted by molar-refractivity contribution is 0.0924. The highest BCUT2D eigenvalue weighted by Crippen LogP contribution is 2.22. The third kappa shape index (κ3) is 4.74. The molecule has 0 saturated carbocycles. The van der Waals surface area contributed by atoms with Gasteiger partial charge in [-0.05, 0) is 51.6 Å². The van der Waals surface area contributed by atoms with Gasteiger partial charge in [0.15, 0.2) is 5.78 Å². The quantitative estimate of drug-likeness (QED) is 0.556. The number of carbonyl (C=O) groups excluding carboxylic acids is 1. The minimum absolute atomic E-state index is 0.0499. The molecule has 1 atom stereocenters. The van der Waals surface area contributed by atoms with E-state index in [0.717, 1.165) is 22.5 Å². The molecule has 7 heteroatoms. The molecule has 0 radical (unpaired) electrons. The van der Waals surface area contributed by atoms with Crippen molar-refractivity contribution in [2.45, 2.75) is 38.3 Å². The van der Waals surface area contributed by atoms with Gasteiger partial charge < -0.3 is 4.57 Å². The number of hydrogen-bond donors (Lipinski definition) is 1. The van der Waals surface area contributed by atoms with Gasteiger partial charge in [0.05, 0.1) is 11.4 Å². The number of primary sulfonamides is 1. The predicted molar refractivity (Wildman–Crippen MR) is 107 cm³/mol. The van der Waals surface area contributed by atoms with E-state index in [9.17, 15) is 13.2 Å². The number of sulfonamides is 1. The highest BCUT2D eigenvalue weighted by molar-refractivity contribution is 7.89. The van der Waals surface area contributed by atoms with Gasteiger partial charge in [-0.2, -0.15) is 0 Å². The van der Waals surface area contributed by atoms with Gasteiger partial charge in [0.1, 0.15) is 0 Å². The van der Waals surface area contributed by atoms with Gasteiger partial charge in [0, 0.05) is 29.5 Å². The molecule has 1 heterocycles. The molecule has 1 aromatic carbocycles. The molecule has 0 spiro atoms. The normalized spacial score (nSPS) is 13.0. The number of aromatic nitrogens is 1. The Labute approximate surface area is 161 Å². The zero-order chi connectivity index (χ0) is 20.4. The fourth-order valence-electron chi connectivity index (χ4n) is 3.13. The van der Waals surface area contributed by atoms with Crippen LogP contribution in [-0.4, -0.2) is 37.3 Å². The van der Waals surface area contributed by atoms with Crippen LogP contribution in [0.3, 0.4) is 0 Å². The SMILES string of the molecule is C=CCn1c(C)cc(C(=O)CN(C)C(C)c2ccc(S(N)(=O)=O)cc2)c1C. The van der Waals surface area contributed by atoms with E-state index in [1.165, 1.54) is 12.1 Å². The van der Waals surface area contributed by atoms with E-state index >= 15 is 0 Å². The summed E-state index contributed by atoms with van der Waals surface area (Å²) in [6, 6.07) is 8.28. The minimum atomic E-state index is -3.71. The summed E-state index contributed by atoms with van der Waals surface area (Å²) in [7, 11) is -1.83. The molecule has 0 bridgehead atoms. The van der Waals surface area contributed by atoms with Gasteiger partial charge >= 0.3 is 0 Å². The van der Waals surface area contributed by atoms with Crippen LogP contribution >= 0.6 is 0 Å². The number of nitrogens with two attached hydrogens (primary N) is 1. The van der Waals surface area contributed by atoms with E-state index < -0.39 is 10.0 Å². The summed E-state index contributed by atoms with van der Waals surface area (Å²) in [5.74, 6) is 0.0499. The lowest BCUT2D eigenvalue weighted by atomic mass is 10.1. The molecule has 0 aliphatic carbocycles. The Bertz CT molecular complexity index is 944. The smallest absolute Gasteiger partial charge is 0.238 e. The second-order valence-corrected chi connectivity index (χ2v) is 8.37. The molecule has 0 fully saturated rings.